The molecule has 2 aromatic heterocycles. The zero-order chi connectivity index (χ0) is 21.1. The summed E-state index contributed by atoms with van der Waals surface area (Å²) >= 11 is 0. The minimum atomic E-state index is -0.244. The van der Waals surface area contributed by atoms with Gasteiger partial charge in [-0.25, -0.2) is 4.98 Å². The van der Waals surface area contributed by atoms with E-state index < -0.39 is 0 Å². The van der Waals surface area contributed by atoms with Gasteiger partial charge in [-0.15, -0.1) is 6.42 Å². The zero-order valence-corrected chi connectivity index (χ0v) is 16.9. The molecule has 0 aliphatic carbocycles. The number of ether oxygens (including phenoxy) is 1. The molecule has 30 heavy (non-hydrogen) atoms. The molecule has 1 aliphatic heterocycles. The monoisotopic (exact) mass is 403 g/mol. The van der Waals surface area contributed by atoms with Gasteiger partial charge >= 0.3 is 0 Å². The van der Waals surface area contributed by atoms with Crippen LogP contribution in [-0.4, -0.2) is 29.6 Å². The van der Waals surface area contributed by atoms with Gasteiger partial charge < -0.3 is 20.2 Å². The molecule has 0 unspecified atom stereocenters. The number of nitrogens with two attached hydrogens (primary N) is 1. The SMILES string of the molecule is C#C[C@H]1C[C@@H](NC(=O)[C@H](C)Cc2cc3cc(-c4ccco4)ccc3nc2N)CCO1. The molecule has 1 fully saturated rings. The predicted molar refractivity (Wildman–Crippen MR) is 116 cm³/mol. The molecule has 154 valence electrons. The molecule has 1 saturated heterocycles. The van der Waals surface area contributed by atoms with E-state index in [0.29, 0.717) is 25.3 Å². The van der Waals surface area contributed by atoms with Crippen LogP contribution >= 0.6 is 0 Å². The van der Waals surface area contributed by atoms with Crippen LogP contribution in [0, 0.1) is 18.3 Å². The lowest BCUT2D eigenvalue weighted by atomic mass is 9.97. The summed E-state index contributed by atoms with van der Waals surface area (Å²) in [5.74, 6) is 3.60. The Morgan fingerprint density at radius 1 is 1.40 bits per heavy atom. The summed E-state index contributed by atoms with van der Waals surface area (Å²) < 4.78 is 11.0. The van der Waals surface area contributed by atoms with E-state index in [2.05, 4.69) is 16.2 Å². The summed E-state index contributed by atoms with van der Waals surface area (Å²) in [6.07, 6.45) is 8.78. The van der Waals surface area contributed by atoms with Crippen molar-refractivity contribution < 1.29 is 13.9 Å². The van der Waals surface area contributed by atoms with Gasteiger partial charge in [-0.3, -0.25) is 4.79 Å². The van der Waals surface area contributed by atoms with Crippen molar-refractivity contribution in [2.75, 3.05) is 12.3 Å². The Kier molecular flexibility index (Phi) is 5.73. The largest absolute Gasteiger partial charge is 0.464 e. The molecule has 0 spiro atoms. The molecule has 1 aliphatic rings. The first-order valence-corrected chi connectivity index (χ1v) is 10.1. The topological polar surface area (TPSA) is 90.4 Å². The standard InChI is InChI=1S/C24H25N3O3/c1-3-20-14-19(8-10-29-20)26-24(28)15(2)11-18-13-17-12-16(22-5-4-9-30-22)6-7-21(17)27-23(18)25/h1,4-7,9,12-13,15,19-20H,8,10-11,14H2,2H3,(H2,25,27)(H,26,28)/t15-,19+,20+/m1/s1. The molecule has 1 aromatic carbocycles. The summed E-state index contributed by atoms with van der Waals surface area (Å²) in [4.78, 5) is 17.2. The van der Waals surface area contributed by atoms with Crippen molar-refractivity contribution >= 4 is 22.6 Å². The number of rotatable bonds is 5. The van der Waals surface area contributed by atoms with E-state index in [1.807, 2.05) is 43.3 Å². The molecule has 0 bridgehead atoms. The number of hydrogen-bond donors (Lipinski definition) is 2. The average Bonchev–Trinajstić information content (AvgIpc) is 3.29. The van der Waals surface area contributed by atoms with Gasteiger partial charge in [-0.2, -0.15) is 0 Å². The number of pyridine rings is 1. The van der Waals surface area contributed by atoms with Gasteiger partial charge in [0.05, 0.1) is 18.4 Å². The van der Waals surface area contributed by atoms with Crippen molar-refractivity contribution in [1.29, 1.82) is 0 Å². The highest BCUT2D eigenvalue weighted by atomic mass is 16.5. The van der Waals surface area contributed by atoms with Crippen LogP contribution in [0.3, 0.4) is 0 Å². The number of terminal acetylenes is 1. The maximum atomic E-state index is 12.7. The van der Waals surface area contributed by atoms with E-state index in [-0.39, 0.29) is 24.0 Å². The fourth-order valence-corrected chi connectivity index (χ4v) is 3.80. The van der Waals surface area contributed by atoms with Gasteiger partial charge in [0, 0.05) is 29.3 Å². The quantitative estimate of drug-likeness (QED) is 0.636. The first-order valence-electron chi connectivity index (χ1n) is 10.1. The van der Waals surface area contributed by atoms with E-state index >= 15 is 0 Å². The third-order valence-electron chi connectivity index (χ3n) is 5.52. The molecule has 6 nitrogen and oxygen atoms in total. The van der Waals surface area contributed by atoms with E-state index in [1.54, 1.807) is 6.26 Å². The second-order valence-corrected chi connectivity index (χ2v) is 7.78. The van der Waals surface area contributed by atoms with E-state index in [0.717, 1.165) is 34.2 Å². The van der Waals surface area contributed by atoms with Gasteiger partial charge in [0.25, 0.3) is 0 Å². The summed E-state index contributed by atoms with van der Waals surface area (Å²) in [5.41, 5.74) is 8.83. The lowest BCUT2D eigenvalue weighted by Crippen LogP contribution is -2.44. The van der Waals surface area contributed by atoms with Crippen LogP contribution < -0.4 is 11.1 Å². The third-order valence-corrected chi connectivity index (χ3v) is 5.52. The molecule has 3 N–H and O–H groups in total. The van der Waals surface area contributed by atoms with Crippen LogP contribution in [0.5, 0.6) is 0 Å². The van der Waals surface area contributed by atoms with Crippen LogP contribution in [0.15, 0.2) is 47.1 Å². The van der Waals surface area contributed by atoms with E-state index in [4.69, 9.17) is 21.3 Å². The van der Waals surface area contributed by atoms with Crippen molar-refractivity contribution in [2.45, 2.75) is 38.3 Å². The number of amides is 1. The fourth-order valence-electron chi connectivity index (χ4n) is 3.80. The highest BCUT2D eigenvalue weighted by Gasteiger charge is 2.25. The number of carbonyl (C=O) groups excluding carboxylic acids is 1. The first kappa shape index (κ1) is 20.0. The highest BCUT2D eigenvalue weighted by molar-refractivity contribution is 5.86. The lowest BCUT2D eigenvalue weighted by Gasteiger charge is -2.28. The molecular weight excluding hydrogens is 378 g/mol. The van der Waals surface area contributed by atoms with Crippen LogP contribution in [0.1, 0.15) is 25.3 Å². The number of benzene rings is 1. The molecule has 0 radical (unpaired) electrons. The fraction of sp³-hybridized carbons (Fsp3) is 0.333. The van der Waals surface area contributed by atoms with Gasteiger partial charge in [0.15, 0.2) is 0 Å². The Hall–Kier alpha value is -3.30. The minimum Gasteiger partial charge on any atom is -0.464 e. The Morgan fingerprint density at radius 2 is 2.27 bits per heavy atom. The number of anilines is 1. The number of furan rings is 1. The smallest absolute Gasteiger partial charge is 0.223 e. The summed E-state index contributed by atoms with van der Waals surface area (Å²) in [5, 5.41) is 4.06. The number of nitrogen functional groups attached to an aromatic ring is 1. The first-order chi connectivity index (χ1) is 14.5. The second kappa shape index (κ2) is 8.60. The van der Waals surface area contributed by atoms with Crippen LogP contribution in [0.25, 0.3) is 22.2 Å². The summed E-state index contributed by atoms with van der Waals surface area (Å²) in [6, 6.07) is 11.7. The lowest BCUT2D eigenvalue weighted by molar-refractivity contribution is -0.126. The molecule has 4 rings (SSSR count). The predicted octanol–water partition coefficient (Wildman–Crippen LogP) is 3.55. The van der Waals surface area contributed by atoms with Gasteiger partial charge in [0.1, 0.15) is 17.7 Å². The van der Waals surface area contributed by atoms with Crippen molar-refractivity contribution in [2.24, 2.45) is 5.92 Å². The Morgan fingerprint density at radius 3 is 3.03 bits per heavy atom. The van der Waals surface area contributed by atoms with Crippen molar-refractivity contribution in [1.82, 2.24) is 10.3 Å². The maximum Gasteiger partial charge on any atom is 0.223 e. The number of fused-ring (bicyclic) bond motifs is 1. The molecule has 3 heterocycles. The molecule has 0 saturated carbocycles. The number of aromatic nitrogens is 1. The summed E-state index contributed by atoms with van der Waals surface area (Å²) in [7, 11) is 0. The highest BCUT2D eigenvalue weighted by Crippen LogP contribution is 2.27. The van der Waals surface area contributed by atoms with E-state index in [9.17, 15) is 4.79 Å². The van der Waals surface area contributed by atoms with Crippen molar-refractivity contribution in [3.8, 4) is 23.7 Å². The van der Waals surface area contributed by atoms with Gasteiger partial charge in [-0.05, 0) is 54.8 Å². The maximum absolute atomic E-state index is 12.7. The van der Waals surface area contributed by atoms with Gasteiger partial charge in [0.2, 0.25) is 5.91 Å². The van der Waals surface area contributed by atoms with Crippen LogP contribution in [0.4, 0.5) is 5.82 Å². The normalized spacial score (nSPS) is 19.9. The van der Waals surface area contributed by atoms with E-state index in [1.165, 1.54) is 0 Å². The molecule has 6 heteroatoms. The number of hydrogen-bond acceptors (Lipinski definition) is 5. The van der Waals surface area contributed by atoms with Gasteiger partial charge in [-0.1, -0.05) is 12.8 Å². The van der Waals surface area contributed by atoms with Crippen molar-refractivity contribution in [3.63, 3.8) is 0 Å². The Bertz CT molecular complexity index is 1090. The average molecular weight is 403 g/mol. The minimum absolute atomic E-state index is 0.0125. The molecule has 1 amide bonds. The Labute approximate surface area is 175 Å². The number of carbonyl (C=O) groups is 1. The molecule has 3 atom stereocenters. The second-order valence-electron chi connectivity index (χ2n) is 7.78. The Balaban J connectivity index is 1.48. The van der Waals surface area contributed by atoms with Crippen molar-refractivity contribution in [3.05, 3.63) is 48.2 Å². The van der Waals surface area contributed by atoms with Crippen LogP contribution in [0.2, 0.25) is 0 Å². The molecule has 3 aromatic rings. The number of nitrogens with one attached hydrogen (secondary N) is 1. The van der Waals surface area contributed by atoms with Crippen LogP contribution in [-0.2, 0) is 16.0 Å². The third kappa shape index (κ3) is 4.32. The molecular formula is C24H25N3O3. The number of nitrogens with zero attached hydrogens (tertiary/aromatic N) is 1. The summed E-state index contributed by atoms with van der Waals surface area (Å²) in [6.45, 7) is 2.46. The zero-order valence-electron chi connectivity index (χ0n) is 16.9.